The maximum absolute atomic E-state index is 12.5. The summed E-state index contributed by atoms with van der Waals surface area (Å²) in [6.07, 6.45) is 4.00. The third-order valence-electron chi connectivity index (χ3n) is 5.18. The van der Waals surface area contributed by atoms with E-state index in [-0.39, 0.29) is 11.8 Å². The van der Waals surface area contributed by atoms with Crippen LogP contribution in [-0.2, 0) is 13.6 Å². The van der Waals surface area contributed by atoms with E-state index in [0.717, 1.165) is 59.7 Å². The molecule has 28 heavy (non-hydrogen) atoms. The van der Waals surface area contributed by atoms with Crippen LogP contribution in [0.2, 0.25) is 0 Å². The number of nitrogens with one attached hydrogen (secondary N) is 1. The van der Waals surface area contributed by atoms with Crippen molar-refractivity contribution in [2.24, 2.45) is 7.05 Å². The van der Waals surface area contributed by atoms with Crippen molar-refractivity contribution in [3.63, 3.8) is 0 Å². The minimum Gasteiger partial charge on any atom is -0.365 e. The Hall–Kier alpha value is -2.96. The summed E-state index contributed by atoms with van der Waals surface area (Å²) in [4.78, 5) is 23.7. The summed E-state index contributed by atoms with van der Waals surface area (Å²) in [7, 11) is 1.89. The highest BCUT2D eigenvalue weighted by Crippen LogP contribution is 2.23. The number of hydrogen-bond acceptors (Lipinski definition) is 5. The largest absolute Gasteiger partial charge is 0.365 e. The number of likely N-dealkylation sites (tertiary alicyclic amines) is 1. The van der Waals surface area contributed by atoms with Gasteiger partial charge in [-0.2, -0.15) is 5.10 Å². The molecule has 0 bridgehead atoms. The molecule has 4 rings (SSSR count). The number of anilines is 1. The maximum atomic E-state index is 12.5. The van der Waals surface area contributed by atoms with Crippen molar-refractivity contribution in [3.05, 3.63) is 47.4 Å². The summed E-state index contributed by atoms with van der Waals surface area (Å²) in [6, 6.07) is 7.83. The van der Waals surface area contributed by atoms with Gasteiger partial charge in [-0.15, -0.1) is 0 Å². The molecule has 0 aliphatic carbocycles. The van der Waals surface area contributed by atoms with Crippen LogP contribution in [0.1, 0.15) is 54.4 Å². The first-order valence-corrected chi connectivity index (χ1v) is 9.84. The molecule has 3 aromatic rings. The SMILES string of the molecule is CC(C)c1nc(NCc2ccc(C(=O)N3CCCC3)cc2)c2cnn(C)c2n1. The van der Waals surface area contributed by atoms with Gasteiger partial charge >= 0.3 is 0 Å². The molecule has 0 radical (unpaired) electrons. The molecule has 7 nitrogen and oxygen atoms in total. The number of carbonyl (C=O) groups excluding carboxylic acids is 1. The van der Waals surface area contributed by atoms with Crippen molar-refractivity contribution in [2.45, 2.75) is 39.2 Å². The van der Waals surface area contributed by atoms with E-state index in [1.807, 2.05) is 36.2 Å². The number of nitrogens with zero attached hydrogens (tertiary/aromatic N) is 5. The molecule has 0 saturated carbocycles. The van der Waals surface area contributed by atoms with Crippen molar-refractivity contribution >= 4 is 22.8 Å². The van der Waals surface area contributed by atoms with Crippen LogP contribution in [-0.4, -0.2) is 43.6 Å². The molecule has 7 heteroatoms. The van der Waals surface area contributed by atoms with E-state index in [1.165, 1.54) is 0 Å². The summed E-state index contributed by atoms with van der Waals surface area (Å²) in [5, 5.41) is 8.64. The number of benzene rings is 1. The van der Waals surface area contributed by atoms with Crippen molar-refractivity contribution in [1.29, 1.82) is 0 Å². The molecule has 1 saturated heterocycles. The fourth-order valence-electron chi connectivity index (χ4n) is 3.49. The van der Waals surface area contributed by atoms with Gasteiger partial charge in [0.25, 0.3) is 5.91 Å². The fourth-order valence-corrected chi connectivity index (χ4v) is 3.49. The number of carbonyl (C=O) groups is 1. The second-order valence-electron chi connectivity index (χ2n) is 7.64. The molecule has 1 fully saturated rings. The summed E-state index contributed by atoms with van der Waals surface area (Å²) < 4.78 is 1.77. The molecular formula is C21H26N6O. The second kappa shape index (κ2) is 7.58. The standard InChI is InChI=1S/C21H26N6O/c1-14(2)18-24-19(17-13-23-26(3)20(17)25-18)22-12-15-6-8-16(9-7-15)21(28)27-10-4-5-11-27/h6-9,13-14H,4-5,10-12H2,1-3H3,(H,22,24,25). The summed E-state index contributed by atoms with van der Waals surface area (Å²) in [5.41, 5.74) is 2.68. The zero-order valence-electron chi connectivity index (χ0n) is 16.6. The van der Waals surface area contributed by atoms with Gasteiger partial charge in [-0.1, -0.05) is 26.0 Å². The van der Waals surface area contributed by atoms with E-state index in [2.05, 4.69) is 29.2 Å². The number of fused-ring (bicyclic) bond motifs is 1. The van der Waals surface area contributed by atoms with Crippen LogP contribution in [0.3, 0.4) is 0 Å². The van der Waals surface area contributed by atoms with Gasteiger partial charge in [-0.3, -0.25) is 9.48 Å². The quantitative estimate of drug-likeness (QED) is 0.737. The number of rotatable bonds is 5. The Kier molecular flexibility index (Phi) is 4.98. The van der Waals surface area contributed by atoms with Crippen LogP contribution in [0.25, 0.3) is 11.0 Å². The highest BCUT2D eigenvalue weighted by atomic mass is 16.2. The van der Waals surface area contributed by atoms with E-state index in [4.69, 9.17) is 4.98 Å². The van der Waals surface area contributed by atoms with Gasteiger partial charge in [0.05, 0.1) is 11.6 Å². The second-order valence-corrected chi connectivity index (χ2v) is 7.64. The Morgan fingerprint density at radius 2 is 1.86 bits per heavy atom. The maximum Gasteiger partial charge on any atom is 0.253 e. The Morgan fingerprint density at radius 3 is 2.54 bits per heavy atom. The van der Waals surface area contributed by atoms with E-state index < -0.39 is 0 Å². The van der Waals surface area contributed by atoms with E-state index >= 15 is 0 Å². The lowest BCUT2D eigenvalue weighted by Gasteiger charge is -2.15. The Balaban J connectivity index is 1.50. The first-order valence-electron chi connectivity index (χ1n) is 9.84. The predicted molar refractivity (Wildman–Crippen MR) is 109 cm³/mol. The lowest BCUT2D eigenvalue weighted by Crippen LogP contribution is -2.27. The van der Waals surface area contributed by atoms with Crippen LogP contribution in [0, 0.1) is 0 Å². The minimum absolute atomic E-state index is 0.131. The van der Waals surface area contributed by atoms with Gasteiger partial charge in [0.1, 0.15) is 11.6 Å². The molecule has 146 valence electrons. The third kappa shape index (κ3) is 3.56. The van der Waals surface area contributed by atoms with E-state index in [9.17, 15) is 4.79 Å². The van der Waals surface area contributed by atoms with Crippen molar-refractivity contribution in [3.8, 4) is 0 Å². The molecule has 1 N–H and O–H groups in total. The lowest BCUT2D eigenvalue weighted by atomic mass is 10.1. The number of aryl methyl sites for hydroxylation is 1. The molecule has 1 amide bonds. The molecule has 3 heterocycles. The lowest BCUT2D eigenvalue weighted by molar-refractivity contribution is 0.0793. The van der Waals surface area contributed by atoms with Gasteiger partial charge in [-0.25, -0.2) is 9.97 Å². The normalized spacial score (nSPS) is 14.2. The van der Waals surface area contributed by atoms with Gasteiger partial charge < -0.3 is 10.2 Å². The fraction of sp³-hybridized carbons (Fsp3) is 0.429. The zero-order valence-corrected chi connectivity index (χ0v) is 16.6. The topological polar surface area (TPSA) is 75.9 Å². The highest BCUT2D eigenvalue weighted by Gasteiger charge is 2.19. The van der Waals surface area contributed by atoms with Crippen molar-refractivity contribution < 1.29 is 4.79 Å². The number of hydrogen-bond donors (Lipinski definition) is 1. The van der Waals surface area contributed by atoms with Gasteiger partial charge in [0, 0.05) is 38.2 Å². The molecule has 1 aromatic carbocycles. The molecule has 0 atom stereocenters. The Labute approximate surface area is 164 Å². The van der Waals surface area contributed by atoms with Crippen LogP contribution in [0.5, 0.6) is 0 Å². The van der Waals surface area contributed by atoms with Crippen molar-refractivity contribution in [2.75, 3.05) is 18.4 Å². The molecule has 1 aliphatic rings. The average Bonchev–Trinajstić information content (AvgIpc) is 3.36. The summed E-state index contributed by atoms with van der Waals surface area (Å²) >= 11 is 0. The van der Waals surface area contributed by atoms with Crippen molar-refractivity contribution in [1.82, 2.24) is 24.6 Å². The van der Waals surface area contributed by atoms with Crippen LogP contribution < -0.4 is 5.32 Å². The Bertz CT molecular complexity index is 986. The van der Waals surface area contributed by atoms with E-state index in [1.54, 1.807) is 10.9 Å². The highest BCUT2D eigenvalue weighted by molar-refractivity contribution is 5.94. The van der Waals surface area contributed by atoms with Gasteiger partial charge in [0.15, 0.2) is 5.65 Å². The summed E-state index contributed by atoms with van der Waals surface area (Å²) in [6.45, 7) is 6.52. The number of aromatic nitrogens is 4. The first kappa shape index (κ1) is 18.4. The smallest absolute Gasteiger partial charge is 0.253 e. The van der Waals surface area contributed by atoms with Crippen LogP contribution >= 0.6 is 0 Å². The molecular weight excluding hydrogens is 352 g/mol. The average molecular weight is 378 g/mol. The summed E-state index contributed by atoms with van der Waals surface area (Å²) in [5.74, 6) is 1.95. The Morgan fingerprint density at radius 1 is 1.14 bits per heavy atom. The monoisotopic (exact) mass is 378 g/mol. The van der Waals surface area contributed by atoms with Gasteiger partial charge in [0.2, 0.25) is 0 Å². The third-order valence-corrected chi connectivity index (χ3v) is 5.18. The minimum atomic E-state index is 0.131. The predicted octanol–water partition coefficient (Wildman–Crippen LogP) is 3.33. The molecule has 2 aromatic heterocycles. The zero-order chi connectivity index (χ0) is 19.7. The molecule has 1 aliphatic heterocycles. The number of amides is 1. The van der Waals surface area contributed by atoms with Gasteiger partial charge in [-0.05, 0) is 30.5 Å². The van der Waals surface area contributed by atoms with Crippen LogP contribution in [0.4, 0.5) is 5.82 Å². The first-order chi connectivity index (χ1) is 13.5. The molecule has 0 spiro atoms. The van der Waals surface area contributed by atoms with E-state index in [0.29, 0.717) is 6.54 Å². The van der Waals surface area contributed by atoms with Crippen LogP contribution in [0.15, 0.2) is 30.5 Å². The molecule has 0 unspecified atom stereocenters.